The maximum absolute atomic E-state index is 5.96. The first-order chi connectivity index (χ1) is 9.88. The molecule has 3 N–H and O–H groups in total. The minimum Gasteiger partial charge on any atom is -0.371 e. The van der Waals surface area contributed by atoms with Crippen molar-refractivity contribution >= 4 is 0 Å². The van der Waals surface area contributed by atoms with Crippen LogP contribution in [-0.2, 0) is 17.6 Å². The molecule has 1 aliphatic rings. The molecule has 0 saturated heterocycles. The molecule has 3 rings (SSSR count). The Bertz CT molecular complexity index is 559. The van der Waals surface area contributed by atoms with Gasteiger partial charge in [0.15, 0.2) is 0 Å². The lowest BCUT2D eigenvalue weighted by Gasteiger charge is -2.32. The molecule has 104 valence electrons. The number of nitrogens with two attached hydrogens (primary N) is 1. The Labute approximate surface area is 119 Å². The quantitative estimate of drug-likeness (QED) is 0.656. The van der Waals surface area contributed by atoms with Gasteiger partial charge in [0, 0.05) is 18.3 Å². The number of benzene rings is 1. The van der Waals surface area contributed by atoms with Crippen LogP contribution in [0.15, 0.2) is 48.7 Å². The zero-order valence-electron chi connectivity index (χ0n) is 11.3. The number of nitrogens with zero attached hydrogens (tertiary/aromatic N) is 1. The van der Waals surface area contributed by atoms with Crippen molar-refractivity contribution in [1.29, 1.82) is 0 Å². The molecule has 0 radical (unpaired) electrons. The molecule has 0 fully saturated rings. The predicted octanol–water partition coefficient (Wildman–Crippen LogP) is 1.77. The summed E-state index contributed by atoms with van der Waals surface area (Å²) >= 11 is 0. The molecular weight excluding hydrogens is 250 g/mol. The van der Waals surface area contributed by atoms with E-state index in [1.807, 2.05) is 18.2 Å². The van der Waals surface area contributed by atoms with Crippen molar-refractivity contribution in [3.8, 4) is 0 Å². The molecule has 2 atom stereocenters. The Morgan fingerprint density at radius 1 is 1.25 bits per heavy atom. The first kappa shape index (κ1) is 13.2. The predicted molar refractivity (Wildman–Crippen MR) is 77.9 cm³/mol. The molecule has 2 heterocycles. The van der Waals surface area contributed by atoms with Crippen LogP contribution in [0.2, 0.25) is 0 Å². The van der Waals surface area contributed by atoms with Crippen LogP contribution in [0.5, 0.6) is 0 Å². The van der Waals surface area contributed by atoms with Gasteiger partial charge in [0.25, 0.3) is 0 Å². The van der Waals surface area contributed by atoms with Crippen LogP contribution in [0.1, 0.15) is 22.9 Å². The van der Waals surface area contributed by atoms with Crippen LogP contribution < -0.4 is 11.3 Å². The Morgan fingerprint density at radius 2 is 2.10 bits per heavy atom. The Morgan fingerprint density at radius 3 is 2.90 bits per heavy atom. The minimum absolute atomic E-state index is 0.0198. The Hall–Kier alpha value is -1.75. The molecule has 1 aliphatic heterocycles. The van der Waals surface area contributed by atoms with Gasteiger partial charge in [-0.25, -0.2) is 0 Å². The number of hydrogen-bond acceptors (Lipinski definition) is 4. The second-order valence-corrected chi connectivity index (χ2v) is 5.04. The number of hydrogen-bond donors (Lipinski definition) is 2. The highest BCUT2D eigenvalue weighted by Crippen LogP contribution is 2.30. The molecule has 4 nitrogen and oxygen atoms in total. The van der Waals surface area contributed by atoms with E-state index in [0.717, 1.165) is 25.1 Å². The third-order valence-corrected chi connectivity index (χ3v) is 3.77. The van der Waals surface area contributed by atoms with Crippen LogP contribution in [0.4, 0.5) is 0 Å². The van der Waals surface area contributed by atoms with Crippen LogP contribution in [0.3, 0.4) is 0 Å². The number of rotatable bonds is 4. The van der Waals surface area contributed by atoms with E-state index in [1.165, 1.54) is 11.1 Å². The van der Waals surface area contributed by atoms with Crippen molar-refractivity contribution in [2.75, 3.05) is 6.61 Å². The number of fused-ring (bicyclic) bond motifs is 1. The molecule has 0 saturated carbocycles. The summed E-state index contributed by atoms with van der Waals surface area (Å²) in [5.74, 6) is 5.75. The average Bonchev–Trinajstić information content (AvgIpc) is 2.53. The summed E-state index contributed by atoms with van der Waals surface area (Å²) in [4.78, 5) is 4.37. The molecule has 0 spiro atoms. The normalized spacial score (nSPS) is 19.4. The number of aromatic nitrogens is 1. The van der Waals surface area contributed by atoms with Crippen molar-refractivity contribution in [3.05, 3.63) is 65.5 Å². The van der Waals surface area contributed by atoms with Gasteiger partial charge in [-0.1, -0.05) is 30.3 Å². The van der Waals surface area contributed by atoms with Gasteiger partial charge in [0.2, 0.25) is 0 Å². The number of pyridine rings is 1. The van der Waals surface area contributed by atoms with E-state index in [1.54, 1.807) is 6.20 Å². The summed E-state index contributed by atoms with van der Waals surface area (Å²) in [5.41, 5.74) is 6.50. The third kappa shape index (κ3) is 2.72. The SMILES string of the molecule is NNC(Cc1ccccn1)C1OCCc2ccccc21. The van der Waals surface area contributed by atoms with Gasteiger partial charge in [0.05, 0.1) is 18.8 Å². The standard InChI is InChI=1S/C16H19N3O/c17-19-15(11-13-6-3-4-9-18-13)16-14-7-2-1-5-12(14)8-10-20-16/h1-7,9,15-16,19H,8,10-11,17H2. The van der Waals surface area contributed by atoms with E-state index in [-0.39, 0.29) is 12.1 Å². The first-order valence-electron chi connectivity index (χ1n) is 6.94. The zero-order chi connectivity index (χ0) is 13.8. The fourth-order valence-electron chi connectivity index (χ4n) is 2.76. The van der Waals surface area contributed by atoms with Gasteiger partial charge >= 0.3 is 0 Å². The second kappa shape index (κ2) is 6.13. The van der Waals surface area contributed by atoms with E-state index >= 15 is 0 Å². The topological polar surface area (TPSA) is 60.2 Å². The molecular formula is C16H19N3O. The maximum Gasteiger partial charge on any atom is 0.0997 e. The highest BCUT2D eigenvalue weighted by Gasteiger charge is 2.28. The monoisotopic (exact) mass is 269 g/mol. The molecule has 1 aromatic heterocycles. The minimum atomic E-state index is -0.0213. The molecule has 1 aromatic carbocycles. The molecule has 0 bridgehead atoms. The molecule has 20 heavy (non-hydrogen) atoms. The highest BCUT2D eigenvalue weighted by atomic mass is 16.5. The summed E-state index contributed by atoms with van der Waals surface area (Å²) in [6, 6.07) is 14.4. The van der Waals surface area contributed by atoms with Crippen molar-refractivity contribution < 1.29 is 4.74 Å². The zero-order valence-corrected chi connectivity index (χ0v) is 11.3. The molecule has 2 unspecified atom stereocenters. The van der Waals surface area contributed by atoms with Crippen LogP contribution in [0, 0.1) is 0 Å². The van der Waals surface area contributed by atoms with E-state index in [9.17, 15) is 0 Å². The van der Waals surface area contributed by atoms with Gasteiger partial charge in [0.1, 0.15) is 0 Å². The third-order valence-electron chi connectivity index (χ3n) is 3.77. The van der Waals surface area contributed by atoms with E-state index in [2.05, 4.69) is 34.7 Å². The van der Waals surface area contributed by atoms with Crippen LogP contribution in [0.25, 0.3) is 0 Å². The van der Waals surface area contributed by atoms with Crippen molar-refractivity contribution in [1.82, 2.24) is 10.4 Å². The van der Waals surface area contributed by atoms with Gasteiger partial charge in [-0.15, -0.1) is 0 Å². The second-order valence-electron chi connectivity index (χ2n) is 5.04. The Balaban J connectivity index is 1.84. The van der Waals surface area contributed by atoms with Crippen LogP contribution in [-0.4, -0.2) is 17.6 Å². The maximum atomic E-state index is 5.96. The van der Waals surface area contributed by atoms with Crippen molar-refractivity contribution in [2.24, 2.45) is 5.84 Å². The fourth-order valence-corrected chi connectivity index (χ4v) is 2.76. The van der Waals surface area contributed by atoms with Gasteiger partial charge < -0.3 is 4.74 Å². The molecule has 0 amide bonds. The lowest BCUT2D eigenvalue weighted by Crippen LogP contribution is -2.44. The van der Waals surface area contributed by atoms with Crippen LogP contribution >= 0.6 is 0 Å². The number of nitrogens with one attached hydrogen (secondary N) is 1. The first-order valence-corrected chi connectivity index (χ1v) is 6.94. The Kier molecular flexibility index (Phi) is 4.06. The highest BCUT2D eigenvalue weighted by molar-refractivity contribution is 5.32. The molecule has 4 heteroatoms. The summed E-state index contributed by atoms with van der Waals surface area (Å²) in [6.07, 6.45) is 3.50. The van der Waals surface area contributed by atoms with E-state index in [4.69, 9.17) is 10.6 Å². The van der Waals surface area contributed by atoms with E-state index in [0.29, 0.717) is 0 Å². The average molecular weight is 269 g/mol. The van der Waals surface area contributed by atoms with Gasteiger partial charge in [-0.3, -0.25) is 16.3 Å². The van der Waals surface area contributed by atoms with Gasteiger partial charge in [-0.2, -0.15) is 0 Å². The molecule has 0 aliphatic carbocycles. The number of hydrazine groups is 1. The summed E-state index contributed by atoms with van der Waals surface area (Å²) in [5, 5.41) is 0. The summed E-state index contributed by atoms with van der Waals surface area (Å²) in [7, 11) is 0. The van der Waals surface area contributed by atoms with Gasteiger partial charge in [-0.05, 0) is 29.7 Å². The summed E-state index contributed by atoms with van der Waals surface area (Å²) in [6.45, 7) is 0.738. The molecule has 2 aromatic rings. The lowest BCUT2D eigenvalue weighted by atomic mass is 9.91. The van der Waals surface area contributed by atoms with Crippen molar-refractivity contribution in [3.63, 3.8) is 0 Å². The fraction of sp³-hybridized carbons (Fsp3) is 0.312. The number of ether oxygens (including phenoxy) is 1. The lowest BCUT2D eigenvalue weighted by molar-refractivity contribution is 0.0152. The van der Waals surface area contributed by atoms with E-state index < -0.39 is 0 Å². The smallest absolute Gasteiger partial charge is 0.0997 e. The summed E-state index contributed by atoms with van der Waals surface area (Å²) < 4.78 is 5.96. The van der Waals surface area contributed by atoms with Crippen molar-refractivity contribution in [2.45, 2.75) is 25.0 Å². The largest absolute Gasteiger partial charge is 0.371 e.